The van der Waals surface area contributed by atoms with E-state index < -0.39 is 64.9 Å². The van der Waals surface area contributed by atoms with Crippen LogP contribution in [0.2, 0.25) is 0 Å². The summed E-state index contributed by atoms with van der Waals surface area (Å²) < 4.78 is 38.9. The molecule has 0 aromatic carbocycles. The highest BCUT2D eigenvalue weighted by Crippen LogP contribution is 2.43. The van der Waals surface area contributed by atoms with E-state index in [2.05, 4.69) is 0 Å². The van der Waals surface area contributed by atoms with Crippen molar-refractivity contribution in [1.82, 2.24) is 0 Å². The van der Waals surface area contributed by atoms with Crippen molar-refractivity contribution in [1.29, 1.82) is 0 Å². The van der Waals surface area contributed by atoms with Gasteiger partial charge < -0.3 is 33.2 Å². The van der Waals surface area contributed by atoms with E-state index in [1.54, 1.807) is 27.7 Å². The Kier molecular flexibility index (Phi) is 9.87. The van der Waals surface area contributed by atoms with Gasteiger partial charge in [0.15, 0.2) is 24.3 Å². The number of esters is 4. The molecule has 4 saturated heterocycles. The topological polar surface area (TPSA) is 133 Å². The second-order valence-corrected chi connectivity index (χ2v) is 13.2. The molecule has 0 N–H and O–H groups in total. The normalized spacial score (nSPS) is 34.3. The first-order valence-electron chi connectivity index (χ1n) is 14.7. The first kappa shape index (κ1) is 33.3. The fourth-order valence-electron chi connectivity index (χ4n) is 4.78. The van der Waals surface area contributed by atoms with Crippen molar-refractivity contribution in [2.24, 2.45) is 10.8 Å². The Hall–Kier alpha value is -2.24. The number of ether oxygens (including phenoxy) is 7. The minimum absolute atomic E-state index is 0.197. The number of carbonyl (C=O) groups is 4. The molecule has 7 atom stereocenters. The summed E-state index contributed by atoms with van der Waals surface area (Å²) in [5.41, 5.74) is -1.86. The second kappa shape index (κ2) is 12.2. The highest BCUT2D eigenvalue weighted by Gasteiger charge is 2.64. The number of fused-ring (bicyclic) bond motifs is 3. The van der Waals surface area contributed by atoms with Crippen molar-refractivity contribution < 1.29 is 52.3 Å². The molecular weight excluding hydrogens is 536 g/mol. The summed E-state index contributed by atoms with van der Waals surface area (Å²) in [6.45, 7) is 18.5. The summed E-state index contributed by atoms with van der Waals surface area (Å²) in [7, 11) is 0. The van der Waals surface area contributed by atoms with Crippen LogP contribution >= 0.6 is 0 Å². The van der Waals surface area contributed by atoms with E-state index in [4.69, 9.17) is 33.2 Å². The van der Waals surface area contributed by atoms with Crippen molar-refractivity contribution in [3.63, 3.8) is 0 Å². The number of cyclic esters (lactones) is 1. The van der Waals surface area contributed by atoms with E-state index >= 15 is 0 Å². The summed E-state index contributed by atoms with van der Waals surface area (Å²) in [4.78, 5) is 48.0. The molecule has 0 amide bonds. The average Bonchev–Trinajstić information content (AvgIpc) is 3.44. The van der Waals surface area contributed by atoms with Crippen LogP contribution in [0, 0.1) is 10.8 Å². The number of hydrogen-bond donors (Lipinski definition) is 0. The Morgan fingerprint density at radius 1 is 0.878 bits per heavy atom. The molecule has 0 bridgehead atoms. The van der Waals surface area contributed by atoms with Gasteiger partial charge in [-0.1, -0.05) is 20.8 Å². The maximum absolute atomic E-state index is 12.2. The summed E-state index contributed by atoms with van der Waals surface area (Å²) in [5, 5.41) is 0. The molecule has 0 aromatic heterocycles. The lowest BCUT2D eigenvalue weighted by molar-refractivity contribution is -0.217. The molecule has 11 heteroatoms. The predicted octanol–water partition coefficient (Wildman–Crippen LogP) is 4.37. The van der Waals surface area contributed by atoms with E-state index in [1.807, 2.05) is 41.5 Å². The van der Waals surface area contributed by atoms with E-state index in [-0.39, 0.29) is 18.0 Å². The SMILES string of the molecule is CCC(C)(C)C(=O)OC1C(=O)OC2C3OC(C)(C)OC3OC12.CCC(C)(C)C(=O)OC1CCCC(=O)OC1(C)CC. The summed E-state index contributed by atoms with van der Waals surface area (Å²) in [6.07, 6.45) is -0.0474. The largest absolute Gasteiger partial charge is 0.458 e. The van der Waals surface area contributed by atoms with Gasteiger partial charge in [-0.25, -0.2) is 4.79 Å². The third-order valence-corrected chi connectivity index (χ3v) is 8.74. The first-order valence-corrected chi connectivity index (χ1v) is 14.7. The van der Waals surface area contributed by atoms with Crippen LogP contribution < -0.4 is 0 Å². The minimum Gasteiger partial charge on any atom is -0.458 e. The van der Waals surface area contributed by atoms with Gasteiger partial charge in [-0.3, -0.25) is 14.4 Å². The molecule has 0 spiro atoms. The fourth-order valence-corrected chi connectivity index (χ4v) is 4.78. The van der Waals surface area contributed by atoms with Crippen molar-refractivity contribution in [2.75, 3.05) is 0 Å². The first-order chi connectivity index (χ1) is 18.9. The predicted molar refractivity (Wildman–Crippen MR) is 145 cm³/mol. The standard InChI is InChI=1S/C15H22O7.C15H26O4/c1-6-14(2,3)13(17)20-9-7-8(18-11(9)16)10-12(19-7)22-15(4,5)21-10;1-6-14(3,4)13(17)18-11-9-8-10-12(16)19-15(11,5)7-2/h7-10,12H,6H2,1-5H3;11H,6-10H2,1-5H3. The molecule has 0 saturated carbocycles. The molecule has 0 aromatic rings. The summed E-state index contributed by atoms with van der Waals surface area (Å²) in [5.74, 6) is -2.23. The van der Waals surface area contributed by atoms with Crippen LogP contribution in [-0.4, -0.2) is 72.1 Å². The molecule has 11 nitrogen and oxygen atoms in total. The molecule has 4 aliphatic heterocycles. The lowest BCUT2D eigenvalue weighted by Gasteiger charge is -2.35. The zero-order valence-corrected chi connectivity index (χ0v) is 26.2. The van der Waals surface area contributed by atoms with Gasteiger partial charge >= 0.3 is 23.9 Å². The Morgan fingerprint density at radius 2 is 1.46 bits per heavy atom. The third-order valence-electron chi connectivity index (χ3n) is 8.74. The number of hydrogen-bond acceptors (Lipinski definition) is 11. The smallest absolute Gasteiger partial charge is 0.350 e. The third kappa shape index (κ3) is 7.22. The molecule has 4 rings (SSSR count). The monoisotopic (exact) mass is 584 g/mol. The Balaban J connectivity index is 0.000000229. The van der Waals surface area contributed by atoms with Crippen molar-refractivity contribution in [3.05, 3.63) is 0 Å². The van der Waals surface area contributed by atoms with Crippen LogP contribution in [0.1, 0.15) is 108 Å². The zero-order valence-electron chi connectivity index (χ0n) is 26.2. The summed E-state index contributed by atoms with van der Waals surface area (Å²) in [6, 6.07) is 0. The molecule has 41 heavy (non-hydrogen) atoms. The van der Waals surface area contributed by atoms with Crippen LogP contribution in [0.4, 0.5) is 0 Å². The van der Waals surface area contributed by atoms with Gasteiger partial charge in [0.25, 0.3) is 0 Å². The number of carbonyl (C=O) groups excluding carboxylic acids is 4. The van der Waals surface area contributed by atoms with Gasteiger partial charge in [0.2, 0.25) is 6.10 Å². The Bertz CT molecular complexity index is 1000. The van der Waals surface area contributed by atoms with Crippen LogP contribution in [0.25, 0.3) is 0 Å². The lowest BCUT2D eigenvalue weighted by Crippen LogP contribution is -2.46. The van der Waals surface area contributed by atoms with Gasteiger partial charge in [0.1, 0.15) is 17.8 Å². The molecule has 4 aliphatic rings. The van der Waals surface area contributed by atoms with Crippen molar-refractivity contribution in [3.8, 4) is 0 Å². The highest BCUT2D eigenvalue weighted by molar-refractivity contribution is 5.84. The quantitative estimate of drug-likeness (QED) is 0.312. The van der Waals surface area contributed by atoms with Crippen molar-refractivity contribution in [2.45, 2.75) is 156 Å². The van der Waals surface area contributed by atoms with Gasteiger partial charge in [-0.2, -0.15) is 0 Å². The fraction of sp³-hybridized carbons (Fsp3) is 0.867. The molecule has 0 aliphatic carbocycles. The molecule has 234 valence electrons. The van der Waals surface area contributed by atoms with E-state index in [9.17, 15) is 19.2 Å². The average molecular weight is 585 g/mol. The van der Waals surface area contributed by atoms with Crippen LogP contribution in [0.3, 0.4) is 0 Å². The van der Waals surface area contributed by atoms with Crippen LogP contribution in [-0.2, 0) is 52.3 Å². The molecule has 0 radical (unpaired) electrons. The second-order valence-electron chi connectivity index (χ2n) is 13.2. The Morgan fingerprint density at radius 3 is 2.02 bits per heavy atom. The zero-order chi connectivity index (χ0) is 31.0. The summed E-state index contributed by atoms with van der Waals surface area (Å²) >= 11 is 0. The van der Waals surface area contributed by atoms with Gasteiger partial charge in [-0.05, 0) is 80.6 Å². The van der Waals surface area contributed by atoms with Crippen molar-refractivity contribution >= 4 is 23.9 Å². The highest BCUT2D eigenvalue weighted by atomic mass is 16.9. The van der Waals surface area contributed by atoms with Gasteiger partial charge in [0.05, 0.1) is 10.8 Å². The maximum Gasteiger partial charge on any atom is 0.350 e. The molecular formula is C30H48O11. The lowest BCUT2D eigenvalue weighted by atomic mass is 9.89. The maximum atomic E-state index is 12.2. The van der Waals surface area contributed by atoms with E-state index in [0.717, 1.165) is 6.42 Å². The molecule has 7 unspecified atom stereocenters. The van der Waals surface area contributed by atoms with Gasteiger partial charge in [-0.15, -0.1) is 0 Å². The van der Waals surface area contributed by atoms with Gasteiger partial charge in [0, 0.05) is 6.42 Å². The molecule has 4 fully saturated rings. The van der Waals surface area contributed by atoms with Crippen LogP contribution in [0.5, 0.6) is 0 Å². The minimum atomic E-state index is -1.07. The Labute approximate surface area is 243 Å². The molecule has 4 heterocycles. The van der Waals surface area contributed by atoms with E-state index in [1.165, 1.54) is 0 Å². The van der Waals surface area contributed by atoms with E-state index in [0.29, 0.717) is 32.1 Å². The number of rotatable bonds is 7. The van der Waals surface area contributed by atoms with Crippen LogP contribution in [0.15, 0.2) is 0 Å².